The summed E-state index contributed by atoms with van der Waals surface area (Å²) in [7, 11) is 0. The number of nitrogens with zero attached hydrogens (tertiary/aromatic N) is 1. The topological polar surface area (TPSA) is 49.4 Å². The molecule has 1 saturated carbocycles. The lowest BCUT2D eigenvalue weighted by molar-refractivity contribution is -0.139. The van der Waals surface area contributed by atoms with Crippen molar-refractivity contribution in [3.63, 3.8) is 0 Å². The third-order valence-electron chi connectivity index (χ3n) is 6.91. The third kappa shape index (κ3) is 6.13. The lowest BCUT2D eigenvalue weighted by atomic mass is 9.78. The highest BCUT2D eigenvalue weighted by Gasteiger charge is 2.34. The summed E-state index contributed by atoms with van der Waals surface area (Å²) < 4.78 is 0. The average Bonchev–Trinajstić information content (AvgIpc) is 2.80. The van der Waals surface area contributed by atoms with Gasteiger partial charge in [-0.25, -0.2) is 0 Å². The summed E-state index contributed by atoms with van der Waals surface area (Å²) in [6.07, 6.45) is 3.95. The molecule has 32 heavy (non-hydrogen) atoms. The second kappa shape index (κ2) is 11.5. The van der Waals surface area contributed by atoms with Gasteiger partial charge in [-0.2, -0.15) is 0 Å². The number of nitrogens with one attached hydrogen (secondary N) is 1. The molecule has 2 aromatic carbocycles. The fourth-order valence-electron chi connectivity index (χ4n) is 4.64. The molecule has 3 rings (SSSR count). The Balaban J connectivity index is 1.88. The van der Waals surface area contributed by atoms with Gasteiger partial charge in [-0.05, 0) is 42.7 Å². The molecule has 2 amide bonds. The van der Waals surface area contributed by atoms with Crippen molar-refractivity contribution < 1.29 is 9.59 Å². The predicted octanol–water partition coefficient (Wildman–Crippen LogP) is 5.29. The minimum absolute atomic E-state index is 0.119. The molecule has 5 heteroatoms. The number of rotatable bonds is 8. The largest absolute Gasteiger partial charge is 0.351 e. The maximum absolute atomic E-state index is 13.7. The number of alkyl halides is 1. The summed E-state index contributed by atoms with van der Waals surface area (Å²) in [5.74, 6) is 0.486. The van der Waals surface area contributed by atoms with Crippen molar-refractivity contribution in [2.45, 2.75) is 58.5 Å². The van der Waals surface area contributed by atoms with Crippen LogP contribution in [0.3, 0.4) is 0 Å². The maximum atomic E-state index is 13.7. The molecule has 1 aliphatic carbocycles. The molecule has 4 nitrogen and oxygen atoms in total. The van der Waals surface area contributed by atoms with E-state index in [1.807, 2.05) is 61.5 Å². The van der Waals surface area contributed by atoms with E-state index in [4.69, 9.17) is 11.6 Å². The van der Waals surface area contributed by atoms with Gasteiger partial charge in [0.15, 0.2) is 0 Å². The normalized spacial score (nSPS) is 21.6. The van der Waals surface area contributed by atoms with E-state index in [0.717, 1.165) is 29.5 Å². The zero-order valence-electron chi connectivity index (χ0n) is 19.4. The van der Waals surface area contributed by atoms with Crippen molar-refractivity contribution in [1.82, 2.24) is 10.2 Å². The molecule has 0 spiro atoms. The lowest BCUT2D eigenvalue weighted by Crippen LogP contribution is -2.50. The van der Waals surface area contributed by atoms with Gasteiger partial charge in [0.05, 0.1) is 0 Å². The second-order valence-corrected chi connectivity index (χ2v) is 9.42. The number of benzene rings is 2. The Morgan fingerprint density at radius 1 is 1.06 bits per heavy atom. The summed E-state index contributed by atoms with van der Waals surface area (Å²) in [6, 6.07) is 17.3. The quantitative estimate of drug-likeness (QED) is 0.551. The first-order valence-corrected chi connectivity index (χ1v) is 12.2. The zero-order valence-corrected chi connectivity index (χ0v) is 20.1. The molecule has 0 radical (unpaired) electrons. The van der Waals surface area contributed by atoms with E-state index in [0.29, 0.717) is 24.8 Å². The van der Waals surface area contributed by atoms with Crippen LogP contribution in [0.5, 0.6) is 0 Å². The molecule has 0 heterocycles. The number of halogens is 1. The van der Waals surface area contributed by atoms with Gasteiger partial charge in [0.2, 0.25) is 11.8 Å². The third-order valence-corrected chi connectivity index (χ3v) is 7.14. The van der Waals surface area contributed by atoms with Gasteiger partial charge in [0.1, 0.15) is 11.9 Å². The molecule has 4 unspecified atom stereocenters. The van der Waals surface area contributed by atoms with E-state index in [1.54, 1.807) is 4.90 Å². The molecule has 1 fully saturated rings. The summed E-state index contributed by atoms with van der Waals surface area (Å²) in [4.78, 5) is 28.3. The maximum Gasteiger partial charge on any atom is 0.247 e. The van der Waals surface area contributed by atoms with Crippen molar-refractivity contribution >= 4 is 23.4 Å². The van der Waals surface area contributed by atoms with Gasteiger partial charge in [-0.1, -0.05) is 86.8 Å². The highest BCUT2D eigenvalue weighted by molar-refractivity contribution is 6.27. The van der Waals surface area contributed by atoms with E-state index < -0.39 is 6.04 Å². The molecule has 0 aromatic heterocycles. The Morgan fingerprint density at radius 2 is 1.75 bits per heavy atom. The number of carbonyl (C=O) groups is 2. The van der Waals surface area contributed by atoms with E-state index in [1.165, 1.54) is 6.42 Å². The number of carbonyl (C=O) groups excluding carboxylic acids is 2. The molecule has 4 atom stereocenters. The van der Waals surface area contributed by atoms with Gasteiger partial charge < -0.3 is 10.2 Å². The van der Waals surface area contributed by atoms with Crippen molar-refractivity contribution in [3.05, 3.63) is 71.3 Å². The van der Waals surface area contributed by atoms with Crippen LogP contribution in [0.15, 0.2) is 54.6 Å². The monoisotopic (exact) mass is 454 g/mol. The Kier molecular flexibility index (Phi) is 8.75. The molecule has 172 valence electrons. The van der Waals surface area contributed by atoms with E-state index in [2.05, 4.69) is 19.2 Å². The standard InChI is InChI=1S/C27H35ClN2O2/c1-19-12-14-23(15-13-19)26(27(32)29-24-11-7-8-20(2)21(24)3)30(25(31)18-28)17-16-22-9-5-4-6-10-22/h4-6,9-10,12-15,20-21,24,26H,7-8,11,16-18H2,1-3H3,(H,29,32). The molecular weight excluding hydrogens is 420 g/mol. The summed E-state index contributed by atoms with van der Waals surface area (Å²) in [6.45, 7) is 6.91. The fourth-order valence-corrected chi connectivity index (χ4v) is 4.79. The summed E-state index contributed by atoms with van der Waals surface area (Å²) in [5, 5.41) is 3.29. The van der Waals surface area contributed by atoms with Crippen molar-refractivity contribution in [1.29, 1.82) is 0 Å². The van der Waals surface area contributed by atoms with E-state index in [-0.39, 0.29) is 23.7 Å². The van der Waals surface area contributed by atoms with Crippen LogP contribution in [-0.2, 0) is 16.0 Å². The molecule has 0 saturated heterocycles. The van der Waals surface area contributed by atoms with Crippen molar-refractivity contribution in [2.24, 2.45) is 11.8 Å². The van der Waals surface area contributed by atoms with Crippen LogP contribution in [0.2, 0.25) is 0 Å². The number of aryl methyl sites for hydroxylation is 1. The molecule has 1 N–H and O–H groups in total. The van der Waals surface area contributed by atoms with Gasteiger partial charge in [0.25, 0.3) is 0 Å². The van der Waals surface area contributed by atoms with Crippen LogP contribution in [0.4, 0.5) is 0 Å². The van der Waals surface area contributed by atoms with Gasteiger partial charge in [0, 0.05) is 12.6 Å². The van der Waals surface area contributed by atoms with E-state index in [9.17, 15) is 9.59 Å². The highest BCUT2D eigenvalue weighted by Crippen LogP contribution is 2.31. The molecule has 2 aromatic rings. The first kappa shape index (κ1) is 24.3. The van der Waals surface area contributed by atoms with E-state index >= 15 is 0 Å². The SMILES string of the molecule is Cc1ccc(C(C(=O)NC2CCCC(C)C2C)N(CCc2ccccc2)C(=O)CCl)cc1. The molecule has 1 aliphatic rings. The fraction of sp³-hybridized carbons (Fsp3) is 0.481. The van der Waals surface area contributed by atoms with Crippen LogP contribution >= 0.6 is 11.6 Å². The van der Waals surface area contributed by atoms with Crippen LogP contribution < -0.4 is 5.32 Å². The Bertz CT molecular complexity index is 884. The number of hydrogen-bond donors (Lipinski definition) is 1. The minimum atomic E-state index is -0.699. The van der Waals surface area contributed by atoms with Gasteiger partial charge in [-0.3, -0.25) is 9.59 Å². The van der Waals surface area contributed by atoms with Crippen LogP contribution in [-0.4, -0.2) is 35.2 Å². The Labute approximate surface area is 197 Å². The molecule has 0 bridgehead atoms. The van der Waals surface area contributed by atoms with Crippen molar-refractivity contribution in [2.75, 3.05) is 12.4 Å². The van der Waals surface area contributed by atoms with Crippen LogP contribution in [0.1, 0.15) is 55.8 Å². The molecular formula is C27H35ClN2O2. The first-order chi connectivity index (χ1) is 15.4. The first-order valence-electron chi connectivity index (χ1n) is 11.7. The summed E-state index contributed by atoms with van der Waals surface area (Å²) in [5.41, 5.74) is 3.05. The minimum Gasteiger partial charge on any atom is -0.351 e. The molecule has 0 aliphatic heterocycles. The average molecular weight is 455 g/mol. The van der Waals surface area contributed by atoms with Crippen LogP contribution in [0, 0.1) is 18.8 Å². The summed E-state index contributed by atoms with van der Waals surface area (Å²) >= 11 is 6.00. The van der Waals surface area contributed by atoms with Crippen LogP contribution in [0.25, 0.3) is 0 Å². The van der Waals surface area contributed by atoms with Crippen molar-refractivity contribution in [3.8, 4) is 0 Å². The smallest absolute Gasteiger partial charge is 0.247 e. The second-order valence-electron chi connectivity index (χ2n) is 9.15. The predicted molar refractivity (Wildman–Crippen MR) is 131 cm³/mol. The Hall–Kier alpha value is -2.33. The highest BCUT2D eigenvalue weighted by atomic mass is 35.5. The Morgan fingerprint density at radius 3 is 2.41 bits per heavy atom. The lowest BCUT2D eigenvalue weighted by Gasteiger charge is -2.37. The number of amides is 2. The number of hydrogen-bond acceptors (Lipinski definition) is 2. The zero-order chi connectivity index (χ0) is 23.1. The van der Waals surface area contributed by atoms with Gasteiger partial charge >= 0.3 is 0 Å². The van der Waals surface area contributed by atoms with Gasteiger partial charge in [-0.15, -0.1) is 11.6 Å².